The third-order valence-electron chi connectivity index (χ3n) is 5.84. The third kappa shape index (κ3) is 6.95. The second-order valence-corrected chi connectivity index (χ2v) is 10.8. The summed E-state index contributed by atoms with van der Waals surface area (Å²) in [6, 6.07) is 7.36. The van der Waals surface area contributed by atoms with E-state index in [9.17, 15) is 9.59 Å². The van der Waals surface area contributed by atoms with Crippen LogP contribution < -0.4 is 10.6 Å². The number of carbonyl (C=O) groups excluding carboxylic acids is 2. The van der Waals surface area contributed by atoms with Gasteiger partial charge in [-0.25, -0.2) is 0 Å². The second kappa shape index (κ2) is 11.4. The largest absolute Gasteiger partial charge is 0.300 e. The summed E-state index contributed by atoms with van der Waals surface area (Å²) >= 11 is 2.85. The molecule has 4 heterocycles. The topological polar surface area (TPSA) is 136 Å². The van der Waals surface area contributed by atoms with E-state index in [1.807, 2.05) is 24.3 Å². The quantitative estimate of drug-likeness (QED) is 0.307. The Labute approximate surface area is 215 Å². The molecule has 0 aromatic carbocycles. The van der Waals surface area contributed by atoms with Gasteiger partial charge in [-0.05, 0) is 47.9 Å². The molecule has 2 N–H and O–H groups in total. The fourth-order valence-electron chi connectivity index (χ4n) is 3.94. The van der Waals surface area contributed by atoms with Gasteiger partial charge in [0.25, 0.3) is 0 Å². The summed E-state index contributed by atoms with van der Waals surface area (Å²) in [5.41, 5.74) is 1.71. The van der Waals surface area contributed by atoms with Crippen LogP contribution in [-0.4, -0.2) is 42.2 Å². The van der Waals surface area contributed by atoms with Crippen molar-refractivity contribution in [1.82, 2.24) is 30.4 Å². The molecule has 36 heavy (non-hydrogen) atoms. The lowest BCUT2D eigenvalue weighted by Crippen LogP contribution is -2.14. The molecule has 5 rings (SSSR count). The Kier molecular flexibility index (Phi) is 7.62. The normalized spacial score (nSPS) is 16.4. The maximum atomic E-state index is 12.2. The third-order valence-corrected chi connectivity index (χ3v) is 7.60. The van der Waals surface area contributed by atoms with Crippen molar-refractivity contribution in [2.24, 2.45) is 11.8 Å². The van der Waals surface area contributed by atoms with Crippen LogP contribution in [0.2, 0.25) is 0 Å². The summed E-state index contributed by atoms with van der Waals surface area (Å²) in [7, 11) is 0. The molecule has 1 aliphatic carbocycles. The highest BCUT2D eigenvalue weighted by Crippen LogP contribution is 2.44. The number of rotatable bonds is 11. The molecule has 184 valence electrons. The van der Waals surface area contributed by atoms with Crippen molar-refractivity contribution in [3.63, 3.8) is 0 Å². The highest BCUT2D eigenvalue weighted by Gasteiger charge is 2.37. The van der Waals surface area contributed by atoms with Crippen molar-refractivity contribution in [3.05, 3.63) is 70.2 Å². The van der Waals surface area contributed by atoms with Gasteiger partial charge in [0, 0.05) is 37.6 Å². The fraction of sp³-hybridized carbons (Fsp3) is 0.333. The fourth-order valence-corrected chi connectivity index (χ4v) is 5.56. The van der Waals surface area contributed by atoms with Crippen LogP contribution in [0, 0.1) is 11.8 Å². The molecular weight excluding hydrogens is 496 g/mol. The SMILES string of the molecule is O=C(Cc1cccnc1)Nc1nnc(CCC2C[C@H]2Cc2nnc(NC(=O)Cc3cccnc3)s2)s1. The Morgan fingerprint density at radius 2 is 1.39 bits per heavy atom. The van der Waals surface area contributed by atoms with E-state index in [-0.39, 0.29) is 24.7 Å². The zero-order chi connectivity index (χ0) is 24.7. The van der Waals surface area contributed by atoms with E-state index in [1.54, 1.807) is 24.8 Å². The Morgan fingerprint density at radius 1 is 0.806 bits per heavy atom. The number of carbonyl (C=O) groups is 2. The molecule has 0 spiro atoms. The van der Waals surface area contributed by atoms with Gasteiger partial charge in [0.05, 0.1) is 12.8 Å². The monoisotopic (exact) mass is 520 g/mol. The molecule has 4 aromatic rings. The molecule has 10 nitrogen and oxygen atoms in total. The van der Waals surface area contributed by atoms with Crippen LogP contribution in [-0.2, 0) is 35.3 Å². The first-order chi connectivity index (χ1) is 17.6. The number of aromatic nitrogens is 6. The van der Waals surface area contributed by atoms with Crippen molar-refractivity contribution >= 4 is 44.8 Å². The molecule has 2 amide bonds. The minimum Gasteiger partial charge on any atom is -0.300 e. The first-order valence-corrected chi connectivity index (χ1v) is 13.3. The maximum Gasteiger partial charge on any atom is 0.230 e. The summed E-state index contributed by atoms with van der Waals surface area (Å²) in [5.74, 6) is 0.936. The summed E-state index contributed by atoms with van der Waals surface area (Å²) in [5, 5.41) is 25.2. The molecule has 12 heteroatoms. The van der Waals surface area contributed by atoms with Gasteiger partial charge in [-0.3, -0.25) is 19.6 Å². The van der Waals surface area contributed by atoms with Gasteiger partial charge in [-0.1, -0.05) is 34.8 Å². The number of amides is 2. The number of hydrogen-bond donors (Lipinski definition) is 2. The van der Waals surface area contributed by atoms with Crippen LogP contribution >= 0.6 is 22.7 Å². The number of nitrogens with zero attached hydrogens (tertiary/aromatic N) is 6. The van der Waals surface area contributed by atoms with E-state index in [0.717, 1.165) is 46.8 Å². The molecule has 1 unspecified atom stereocenters. The zero-order valence-electron chi connectivity index (χ0n) is 19.3. The van der Waals surface area contributed by atoms with E-state index in [1.165, 1.54) is 22.7 Å². The number of pyridine rings is 2. The molecule has 1 saturated carbocycles. The lowest BCUT2D eigenvalue weighted by Gasteiger charge is -2.00. The molecule has 1 fully saturated rings. The van der Waals surface area contributed by atoms with Crippen molar-refractivity contribution in [2.75, 3.05) is 10.6 Å². The summed E-state index contributed by atoms with van der Waals surface area (Å²) < 4.78 is 0. The van der Waals surface area contributed by atoms with E-state index in [4.69, 9.17) is 0 Å². The lowest BCUT2D eigenvalue weighted by molar-refractivity contribution is -0.116. The molecule has 0 bridgehead atoms. The first-order valence-electron chi connectivity index (χ1n) is 11.6. The van der Waals surface area contributed by atoms with Gasteiger partial charge in [0.2, 0.25) is 22.1 Å². The number of nitrogens with one attached hydrogen (secondary N) is 2. The summed E-state index contributed by atoms with van der Waals surface area (Å²) in [4.78, 5) is 32.4. The number of hydrogen-bond acceptors (Lipinski definition) is 10. The molecule has 0 radical (unpaired) electrons. The van der Waals surface area contributed by atoms with Gasteiger partial charge in [0.15, 0.2) is 0 Å². The smallest absolute Gasteiger partial charge is 0.230 e. The molecule has 0 aliphatic heterocycles. The number of aryl methyl sites for hydroxylation is 1. The van der Waals surface area contributed by atoms with Crippen molar-refractivity contribution < 1.29 is 9.59 Å². The van der Waals surface area contributed by atoms with E-state index < -0.39 is 0 Å². The minimum absolute atomic E-state index is 0.125. The molecule has 0 saturated heterocycles. The number of anilines is 2. The van der Waals surface area contributed by atoms with Crippen molar-refractivity contribution in [1.29, 1.82) is 0 Å². The van der Waals surface area contributed by atoms with Crippen LogP contribution in [0.3, 0.4) is 0 Å². The Hall–Kier alpha value is -3.64. The Bertz CT molecular complexity index is 1310. The average Bonchev–Trinajstić information content (AvgIpc) is 3.21. The predicted molar refractivity (Wildman–Crippen MR) is 137 cm³/mol. The summed E-state index contributed by atoms with van der Waals surface area (Å²) in [6.07, 6.45) is 11.1. The van der Waals surface area contributed by atoms with E-state index in [2.05, 4.69) is 41.0 Å². The van der Waals surface area contributed by atoms with Gasteiger partial charge in [-0.2, -0.15) is 0 Å². The zero-order valence-corrected chi connectivity index (χ0v) is 21.0. The maximum absolute atomic E-state index is 12.2. The van der Waals surface area contributed by atoms with Crippen LogP contribution in [0.1, 0.15) is 34.0 Å². The highest BCUT2D eigenvalue weighted by atomic mass is 32.1. The second-order valence-electron chi connectivity index (χ2n) is 8.67. The average molecular weight is 521 g/mol. The highest BCUT2D eigenvalue weighted by molar-refractivity contribution is 7.15. The first kappa shape index (κ1) is 24.1. The van der Waals surface area contributed by atoms with Gasteiger partial charge in [0.1, 0.15) is 10.0 Å². The molecule has 4 aromatic heterocycles. The minimum atomic E-state index is -0.127. The Balaban J connectivity index is 1.02. The lowest BCUT2D eigenvalue weighted by atomic mass is 10.1. The van der Waals surface area contributed by atoms with Crippen molar-refractivity contribution in [2.45, 2.75) is 38.5 Å². The van der Waals surface area contributed by atoms with Gasteiger partial charge >= 0.3 is 0 Å². The van der Waals surface area contributed by atoms with Gasteiger partial charge in [-0.15, -0.1) is 20.4 Å². The van der Waals surface area contributed by atoms with Crippen LogP contribution in [0.15, 0.2) is 49.1 Å². The molecule has 2 atom stereocenters. The standard InChI is InChI=1S/C24H24N8O2S2/c33-19(9-15-3-1-7-25-13-15)27-23-31-29-21(35-23)6-5-17-11-18(17)12-22-30-32-24(36-22)28-20(34)10-16-4-2-8-26-14-16/h1-4,7-8,13-14,17-18H,5-6,9-12H2,(H,27,31,33)(H,28,32,34)/t17?,18-/m0/s1. The van der Waals surface area contributed by atoms with E-state index >= 15 is 0 Å². The van der Waals surface area contributed by atoms with Crippen LogP contribution in [0.25, 0.3) is 0 Å². The predicted octanol–water partition coefficient (Wildman–Crippen LogP) is 3.35. The summed E-state index contributed by atoms with van der Waals surface area (Å²) in [6.45, 7) is 0. The van der Waals surface area contributed by atoms with Crippen LogP contribution in [0.4, 0.5) is 10.3 Å². The van der Waals surface area contributed by atoms with E-state index in [0.29, 0.717) is 22.1 Å². The van der Waals surface area contributed by atoms with Gasteiger partial charge < -0.3 is 10.6 Å². The molecule has 1 aliphatic rings. The Morgan fingerprint density at radius 3 is 1.97 bits per heavy atom. The van der Waals surface area contributed by atoms with Crippen molar-refractivity contribution in [3.8, 4) is 0 Å². The van der Waals surface area contributed by atoms with Crippen LogP contribution in [0.5, 0.6) is 0 Å². The molecular formula is C24H24N8O2S2.